The third-order valence-electron chi connectivity index (χ3n) is 3.90. The lowest BCUT2D eigenvalue weighted by Crippen LogP contribution is -2.53. The fourth-order valence-electron chi connectivity index (χ4n) is 2.94. The molecule has 1 amide bonds. The van der Waals surface area contributed by atoms with Crippen LogP contribution in [-0.2, 0) is 9.59 Å². The number of nitrogens with zero attached hydrogens (tertiary/aromatic N) is 1. The summed E-state index contributed by atoms with van der Waals surface area (Å²) in [7, 11) is 0. The molecule has 0 aromatic heterocycles. The number of carbonyl (C=O) groups excluding carboxylic acids is 1. The summed E-state index contributed by atoms with van der Waals surface area (Å²) in [4.78, 5) is 25.2. The molecule has 1 saturated heterocycles. The van der Waals surface area contributed by atoms with Crippen molar-refractivity contribution in [2.75, 3.05) is 6.54 Å². The molecule has 2 rings (SSSR count). The lowest BCUT2D eigenvalue weighted by Gasteiger charge is -2.38. The first kappa shape index (κ1) is 13.1. The van der Waals surface area contributed by atoms with E-state index in [2.05, 4.69) is 0 Å². The third-order valence-corrected chi connectivity index (χ3v) is 3.90. The molecule has 5 nitrogen and oxygen atoms in total. The van der Waals surface area contributed by atoms with E-state index in [9.17, 15) is 14.7 Å². The van der Waals surface area contributed by atoms with Crippen molar-refractivity contribution in [2.24, 2.45) is 17.6 Å². The van der Waals surface area contributed by atoms with Crippen LogP contribution in [0.15, 0.2) is 12.2 Å². The molecule has 1 heterocycles. The lowest BCUT2D eigenvalue weighted by atomic mass is 9.89. The van der Waals surface area contributed by atoms with Gasteiger partial charge in [0.2, 0.25) is 5.91 Å². The van der Waals surface area contributed by atoms with Crippen LogP contribution in [0.2, 0.25) is 0 Å². The fourth-order valence-corrected chi connectivity index (χ4v) is 2.94. The minimum Gasteiger partial charge on any atom is -0.480 e. The normalized spacial score (nSPS) is 35.8. The number of carbonyl (C=O) groups is 2. The highest BCUT2D eigenvalue weighted by atomic mass is 16.4. The maximum atomic E-state index is 12.4. The number of aliphatic carboxylic acids is 1. The Bertz CT molecular complexity index is 380. The molecular weight excluding hydrogens is 232 g/mol. The summed E-state index contributed by atoms with van der Waals surface area (Å²) >= 11 is 0. The van der Waals surface area contributed by atoms with Crippen molar-refractivity contribution in [3.63, 3.8) is 0 Å². The van der Waals surface area contributed by atoms with Gasteiger partial charge in [-0.25, -0.2) is 4.79 Å². The Hall–Kier alpha value is -1.36. The van der Waals surface area contributed by atoms with E-state index >= 15 is 0 Å². The van der Waals surface area contributed by atoms with Crippen LogP contribution in [0.5, 0.6) is 0 Å². The number of rotatable bonds is 2. The Morgan fingerprint density at radius 1 is 1.39 bits per heavy atom. The Balaban J connectivity index is 2.12. The summed E-state index contributed by atoms with van der Waals surface area (Å²) in [5, 5.41) is 9.29. The van der Waals surface area contributed by atoms with Crippen molar-refractivity contribution in [1.82, 2.24) is 4.90 Å². The van der Waals surface area contributed by atoms with Gasteiger partial charge >= 0.3 is 5.97 Å². The highest BCUT2D eigenvalue weighted by Crippen LogP contribution is 2.27. The molecule has 1 fully saturated rings. The average Bonchev–Trinajstić information content (AvgIpc) is 2.74. The number of carboxylic acid groups (broad SMARTS) is 1. The van der Waals surface area contributed by atoms with E-state index in [-0.39, 0.29) is 23.8 Å². The molecule has 0 aromatic carbocycles. The van der Waals surface area contributed by atoms with Gasteiger partial charge in [0.25, 0.3) is 0 Å². The van der Waals surface area contributed by atoms with Crippen molar-refractivity contribution in [3.8, 4) is 0 Å². The quantitative estimate of drug-likeness (QED) is 0.705. The number of likely N-dealkylation sites (tertiary alicyclic amines) is 1. The van der Waals surface area contributed by atoms with Gasteiger partial charge in [-0.15, -0.1) is 0 Å². The fraction of sp³-hybridized carbons (Fsp3) is 0.692. The molecule has 1 aliphatic carbocycles. The van der Waals surface area contributed by atoms with Crippen molar-refractivity contribution in [1.29, 1.82) is 0 Å². The zero-order valence-corrected chi connectivity index (χ0v) is 10.6. The van der Waals surface area contributed by atoms with Crippen LogP contribution in [0.3, 0.4) is 0 Å². The summed E-state index contributed by atoms with van der Waals surface area (Å²) in [6, 6.07) is -0.763. The summed E-state index contributed by atoms with van der Waals surface area (Å²) in [5.74, 6) is -1.22. The molecule has 0 spiro atoms. The molecule has 100 valence electrons. The number of nitrogens with two attached hydrogens (primary N) is 1. The first-order valence-corrected chi connectivity index (χ1v) is 6.48. The third kappa shape index (κ3) is 2.41. The van der Waals surface area contributed by atoms with E-state index in [0.29, 0.717) is 13.0 Å². The molecular formula is C13H20N2O3. The first-order valence-electron chi connectivity index (χ1n) is 6.48. The monoisotopic (exact) mass is 252 g/mol. The Morgan fingerprint density at radius 2 is 2.11 bits per heavy atom. The predicted octanol–water partition coefficient (Wildman–Crippen LogP) is 0.601. The molecule has 0 bridgehead atoms. The van der Waals surface area contributed by atoms with Crippen molar-refractivity contribution < 1.29 is 14.7 Å². The van der Waals surface area contributed by atoms with Crippen LogP contribution in [0.25, 0.3) is 0 Å². The van der Waals surface area contributed by atoms with Crippen LogP contribution in [-0.4, -0.2) is 40.5 Å². The zero-order valence-electron chi connectivity index (χ0n) is 10.6. The van der Waals surface area contributed by atoms with Gasteiger partial charge in [0.05, 0.1) is 5.92 Å². The minimum atomic E-state index is -0.901. The molecule has 0 aromatic rings. The SMILES string of the molecule is CC1CCCN(C(=O)C2C=CC(N)C2)C1C(=O)O. The average molecular weight is 252 g/mol. The molecule has 0 radical (unpaired) electrons. The Kier molecular flexibility index (Phi) is 3.71. The smallest absolute Gasteiger partial charge is 0.326 e. The molecule has 0 saturated carbocycles. The van der Waals surface area contributed by atoms with Crippen LogP contribution in [0, 0.1) is 11.8 Å². The molecule has 2 aliphatic rings. The van der Waals surface area contributed by atoms with E-state index in [1.165, 1.54) is 4.90 Å². The second-order valence-electron chi connectivity index (χ2n) is 5.33. The molecule has 3 N–H and O–H groups in total. The van der Waals surface area contributed by atoms with Crippen LogP contribution in [0.1, 0.15) is 26.2 Å². The predicted molar refractivity (Wildman–Crippen MR) is 66.8 cm³/mol. The van der Waals surface area contributed by atoms with Gasteiger partial charge in [0.15, 0.2) is 0 Å². The second-order valence-corrected chi connectivity index (χ2v) is 5.33. The van der Waals surface area contributed by atoms with Gasteiger partial charge in [0, 0.05) is 12.6 Å². The van der Waals surface area contributed by atoms with Gasteiger partial charge < -0.3 is 15.7 Å². The minimum absolute atomic E-state index is 0.0132. The van der Waals surface area contributed by atoms with E-state index in [4.69, 9.17) is 5.73 Å². The molecule has 4 atom stereocenters. The summed E-state index contributed by atoms with van der Waals surface area (Å²) in [6.07, 6.45) is 5.97. The van der Waals surface area contributed by atoms with Crippen molar-refractivity contribution in [3.05, 3.63) is 12.2 Å². The van der Waals surface area contributed by atoms with Crippen molar-refractivity contribution >= 4 is 11.9 Å². The van der Waals surface area contributed by atoms with Gasteiger partial charge in [-0.1, -0.05) is 19.1 Å². The van der Waals surface area contributed by atoms with E-state index < -0.39 is 12.0 Å². The molecule has 4 unspecified atom stereocenters. The van der Waals surface area contributed by atoms with E-state index in [1.807, 2.05) is 19.1 Å². The molecule has 5 heteroatoms. The van der Waals surface area contributed by atoms with Crippen LogP contribution < -0.4 is 5.73 Å². The highest BCUT2D eigenvalue weighted by Gasteiger charge is 2.39. The van der Waals surface area contributed by atoms with Crippen LogP contribution in [0.4, 0.5) is 0 Å². The number of hydrogen-bond donors (Lipinski definition) is 2. The number of hydrogen-bond acceptors (Lipinski definition) is 3. The summed E-state index contributed by atoms with van der Waals surface area (Å²) in [6.45, 7) is 2.44. The Morgan fingerprint density at radius 3 is 2.67 bits per heavy atom. The highest BCUT2D eigenvalue weighted by molar-refractivity contribution is 5.87. The van der Waals surface area contributed by atoms with Gasteiger partial charge in [-0.05, 0) is 25.2 Å². The van der Waals surface area contributed by atoms with Gasteiger partial charge in [-0.2, -0.15) is 0 Å². The maximum Gasteiger partial charge on any atom is 0.326 e. The van der Waals surface area contributed by atoms with Crippen LogP contribution >= 0.6 is 0 Å². The largest absolute Gasteiger partial charge is 0.480 e. The zero-order chi connectivity index (χ0) is 13.3. The topological polar surface area (TPSA) is 83.6 Å². The van der Waals surface area contributed by atoms with Gasteiger partial charge in [0.1, 0.15) is 6.04 Å². The molecule has 18 heavy (non-hydrogen) atoms. The van der Waals surface area contributed by atoms with Crippen molar-refractivity contribution in [2.45, 2.75) is 38.3 Å². The second kappa shape index (κ2) is 5.10. The number of carboxylic acids is 1. The maximum absolute atomic E-state index is 12.4. The summed E-state index contributed by atoms with van der Waals surface area (Å²) < 4.78 is 0. The van der Waals surface area contributed by atoms with E-state index in [1.54, 1.807) is 0 Å². The lowest BCUT2D eigenvalue weighted by molar-refractivity contribution is -0.155. The standard InChI is InChI=1S/C13H20N2O3/c1-8-3-2-6-15(11(8)13(17)18)12(16)9-4-5-10(14)7-9/h4-5,8-11H,2-3,6-7,14H2,1H3,(H,17,18). The Labute approximate surface area is 107 Å². The summed E-state index contributed by atoms with van der Waals surface area (Å²) in [5.41, 5.74) is 5.74. The number of piperidine rings is 1. The van der Waals surface area contributed by atoms with Gasteiger partial charge in [-0.3, -0.25) is 4.79 Å². The first-order chi connectivity index (χ1) is 8.50. The van der Waals surface area contributed by atoms with E-state index in [0.717, 1.165) is 12.8 Å². The molecule has 1 aliphatic heterocycles. The number of amides is 1.